The van der Waals surface area contributed by atoms with E-state index in [2.05, 4.69) is 5.32 Å². The molecular formula is C17H18Cl2FNO. The topological polar surface area (TPSA) is 21.3 Å². The maximum atomic E-state index is 13.7. The van der Waals surface area contributed by atoms with E-state index >= 15 is 0 Å². The van der Waals surface area contributed by atoms with Crippen molar-refractivity contribution in [3.05, 3.63) is 64.4 Å². The molecule has 118 valence electrons. The summed E-state index contributed by atoms with van der Waals surface area (Å²) in [6.45, 7) is 3.77. The highest BCUT2D eigenvalue weighted by Crippen LogP contribution is 2.32. The average molecular weight is 342 g/mol. The maximum absolute atomic E-state index is 13.7. The minimum absolute atomic E-state index is 0. The highest BCUT2D eigenvalue weighted by atomic mass is 35.5. The number of ether oxygens (including phenoxy) is 1. The highest BCUT2D eigenvalue weighted by molar-refractivity contribution is 6.30. The molecule has 3 rings (SSSR count). The van der Waals surface area contributed by atoms with Gasteiger partial charge in [0.25, 0.3) is 0 Å². The third-order valence-electron chi connectivity index (χ3n) is 3.77. The third kappa shape index (κ3) is 3.72. The van der Waals surface area contributed by atoms with Crippen molar-refractivity contribution >= 4 is 24.0 Å². The van der Waals surface area contributed by atoms with Crippen LogP contribution < -0.4 is 10.1 Å². The summed E-state index contributed by atoms with van der Waals surface area (Å²) < 4.78 is 19.9. The molecule has 1 N–H and O–H groups in total. The normalized spacial score (nSPS) is 15.6. The molecule has 0 spiro atoms. The second-order valence-electron chi connectivity index (χ2n) is 5.45. The molecule has 2 nitrogen and oxygen atoms in total. The lowest BCUT2D eigenvalue weighted by atomic mass is 9.90. The van der Waals surface area contributed by atoms with E-state index in [-0.39, 0.29) is 23.5 Å². The van der Waals surface area contributed by atoms with Crippen LogP contribution in [0.5, 0.6) is 5.75 Å². The summed E-state index contributed by atoms with van der Waals surface area (Å²) in [7, 11) is 0. The van der Waals surface area contributed by atoms with Gasteiger partial charge in [-0.2, -0.15) is 0 Å². The summed E-state index contributed by atoms with van der Waals surface area (Å²) >= 11 is 5.77. The van der Waals surface area contributed by atoms with Gasteiger partial charge < -0.3 is 10.1 Å². The van der Waals surface area contributed by atoms with E-state index in [1.165, 1.54) is 6.07 Å². The molecule has 1 fully saturated rings. The quantitative estimate of drug-likeness (QED) is 0.880. The van der Waals surface area contributed by atoms with E-state index in [9.17, 15) is 4.39 Å². The molecule has 0 bridgehead atoms. The van der Waals surface area contributed by atoms with Crippen LogP contribution in [0.4, 0.5) is 4.39 Å². The van der Waals surface area contributed by atoms with E-state index in [1.807, 2.05) is 37.3 Å². The number of nitrogens with one attached hydrogen (secondary N) is 1. The Morgan fingerprint density at radius 3 is 2.59 bits per heavy atom. The molecule has 5 heteroatoms. The van der Waals surface area contributed by atoms with E-state index < -0.39 is 5.82 Å². The zero-order chi connectivity index (χ0) is 14.8. The van der Waals surface area contributed by atoms with Crippen LogP contribution in [0, 0.1) is 18.7 Å². The molecule has 0 aromatic heterocycles. The molecule has 1 saturated heterocycles. The Balaban J connectivity index is 0.00000176. The SMILES string of the molecule is Cc1cccc(O[C@@H](c2ccc(Cl)c(F)c2)C2CNC2)c1.Cl. The fourth-order valence-electron chi connectivity index (χ4n) is 2.49. The van der Waals surface area contributed by atoms with Crippen LogP contribution in [0.2, 0.25) is 5.02 Å². The number of benzene rings is 2. The monoisotopic (exact) mass is 341 g/mol. The highest BCUT2D eigenvalue weighted by Gasteiger charge is 2.30. The molecular weight excluding hydrogens is 324 g/mol. The molecule has 2 aromatic rings. The zero-order valence-electron chi connectivity index (χ0n) is 12.2. The lowest BCUT2D eigenvalue weighted by molar-refractivity contribution is 0.0990. The molecule has 0 radical (unpaired) electrons. The first-order valence-corrected chi connectivity index (χ1v) is 7.40. The lowest BCUT2D eigenvalue weighted by Gasteiger charge is -2.35. The second-order valence-corrected chi connectivity index (χ2v) is 5.85. The van der Waals surface area contributed by atoms with Crippen LogP contribution in [-0.2, 0) is 0 Å². The van der Waals surface area contributed by atoms with Crippen molar-refractivity contribution in [2.45, 2.75) is 13.0 Å². The van der Waals surface area contributed by atoms with Crippen molar-refractivity contribution in [3.8, 4) is 5.75 Å². The average Bonchev–Trinajstić information content (AvgIpc) is 2.39. The van der Waals surface area contributed by atoms with Crippen molar-refractivity contribution in [2.75, 3.05) is 13.1 Å². The van der Waals surface area contributed by atoms with Gasteiger partial charge in [0.1, 0.15) is 17.7 Å². The van der Waals surface area contributed by atoms with Gasteiger partial charge in [-0.15, -0.1) is 12.4 Å². The van der Waals surface area contributed by atoms with Crippen molar-refractivity contribution in [2.24, 2.45) is 5.92 Å². The molecule has 0 unspecified atom stereocenters. The van der Waals surface area contributed by atoms with Crippen LogP contribution >= 0.6 is 24.0 Å². The fourth-order valence-corrected chi connectivity index (χ4v) is 2.60. The van der Waals surface area contributed by atoms with E-state index in [0.29, 0.717) is 5.92 Å². The number of rotatable bonds is 4. The maximum Gasteiger partial charge on any atom is 0.142 e. The van der Waals surface area contributed by atoms with Crippen molar-refractivity contribution in [1.29, 1.82) is 0 Å². The number of hydrogen-bond acceptors (Lipinski definition) is 2. The van der Waals surface area contributed by atoms with Gasteiger partial charge in [0.05, 0.1) is 5.02 Å². The Hall–Kier alpha value is -1.29. The molecule has 0 aliphatic carbocycles. The van der Waals surface area contributed by atoms with Crippen LogP contribution in [0.25, 0.3) is 0 Å². The Morgan fingerprint density at radius 2 is 2.00 bits per heavy atom. The van der Waals surface area contributed by atoms with Gasteiger partial charge in [-0.3, -0.25) is 0 Å². The lowest BCUT2D eigenvalue weighted by Crippen LogP contribution is -2.46. The molecule has 22 heavy (non-hydrogen) atoms. The molecule has 1 heterocycles. The van der Waals surface area contributed by atoms with Gasteiger partial charge in [-0.25, -0.2) is 4.39 Å². The largest absolute Gasteiger partial charge is 0.485 e. The summed E-state index contributed by atoms with van der Waals surface area (Å²) in [5.74, 6) is 0.743. The van der Waals surface area contributed by atoms with Crippen molar-refractivity contribution in [1.82, 2.24) is 5.32 Å². The first kappa shape index (κ1) is 17.1. The number of halogens is 3. The predicted octanol–water partition coefficient (Wildman–Crippen LogP) is 4.55. The zero-order valence-corrected chi connectivity index (χ0v) is 13.8. The van der Waals surface area contributed by atoms with Gasteiger partial charge in [-0.05, 0) is 42.3 Å². The van der Waals surface area contributed by atoms with Crippen LogP contribution in [0.1, 0.15) is 17.2 Å². The summed E-state index contributed by atoms with van der Waals surface area (Å²) in [6.07, 6.45) is -0.167. The minimum atomic E-state index is -0.403. The van der Waals surface area contributed by atoms with Gasteiger partial charge in [0.2, 0.25) is 0 Å². The van der Waals surface area contributed by atoms with E-state index in [0.717, 1.165) is 30.0 Å². The molecule has 0 amide bonds. The third-order valence-corrected chi connectivity index (χ3v) is 4.07. The molecule has 1 atom stereocenters. The smallest absolute Gasteiger partial charge is 0.142 e. The van der Waals surface area contributed by atoms with E-state index in [4.69, 9.17) is 16.3 Å². The van der Waals surface area contributed by atoms with Crippen LogP contribution in [-0.4, -0.2) is 13.1 Å². The Bertz CT molecular complexity index is 646. The predicted molar refractivity (Wildman–Crippen MR) is 89.6 cm³/mol. The summed E-state index contributed by atoms with van der Waals surface area (Å²) in [4.78, 5) is 0. The second kappa shape index (κ2) is 7.32. The van der Waals surface area contributed by atoms with Crippen LogP contribution in [0.3, 0.4) is 0 Å². The van der Waals surface area contributed by atoms with Crippen LogP contribution in [0.15, 0.2) is 42.5 Å². The van der Waals surface area contributed by atoms with Gasteiger partial charge >= 0.3 is 0 Å². The first-order valence-electron chi connectivity index (χ1n) is 7.02. The minimum Gasteiger partial charge on any atom is -0.485 e. The number of aryl methyl sites for hydroxylation is 1. The van der Waals surface area contributed by atoms with E-state index in [1.54, 1.807) is 6.07 Å². The standard InChI is InChI=1S/C17H17ClFNO.ClH/c1-11-3-2-4-14(7-11)21-17(13-9-20-10-13)12-5-6-15(18)16(19)8-12;/h2-8,13,17,20H,9-10H2,1H3;1H/t17-;/m0./s1. The Kier molecular flexibility index (Phi) is 5.68. The molecule has 0 saturated carbocycles. The number of hydrogen-bond donors (Lipinski definition) is 1. The molecule has 1 aliphatic rings. The summed E-state index contributed by atoms with van der Waals surface area (Å²) in [5.41, 5.74) is 1.96. The molecule has 1 aliphatic heterocycles. The molecule has 2 aromatic carbocycles. The Labute approximate surface area is 141 Å². The first-order chi connectivity index (χ1) is 10.1. The van der Waals surface area contributed by atoms with Gasteiger partial charge in [0, 0.05) is 19.0 Å². The van der Waals surface area contributed by atoms with Gasteiger partial charge in [0.15, 0.2) is 0 Å². The fraction of sp³-hybridized carbons (Fsp3) is 0.294. The van der Waals surface area contributed by atoms with Crippen molar-refractivity contribution < 1.29 is 9.13 Å². The van der Waals surface area contributed by atoms with Gasteiger partial charge in [-0.1, -0.05) is 29.8 Å². The summed E-state index contributed by atoms with van der Waals surface area (Å²) in [5, 5.41) is 3.37. The van der Waals surface area contributed by atoms with Crippen molar-refractivity contribution in [3.63, 3.8) is 0 Å². The Morgan fingerprint density at radius 1 is 1.23 bits per heavy atom. The summed E-state index contributed by atoms with van der Waals surface area (Å²) in [6, 6.07) is 12.8.